The van der Waals surface area contributed by atoms with Gasteiger partial charge in [-0.15, -0.1) is 0 Å². The summed E-state index contributed by atoms with van der Waals surface area (Å²) >= 11 is 0. The molecule has 1 N–H and O–H groups in total. The molecule has 105 valence electrons. The van der Waals surface area contributed by atoms with Crippen LogP contribution < -0.4 is 10.8 Å². The highest BCUT2D eigenvalue weighted by Crippen LogP contribution is 2.33. The Morgan fingerprint density at radius 3 is 1.95 bits per heavy atom. The van der Waals surface area contributed by atoms with Gasteiger partial charge in [0.05, 0.1) is 11.2 Å². The Bertz CT molecular complexity index is 468. The van der Waals surface area contributed by atoms with Crippen molar-refractivity contribution >= 4 is 25.4 Å². The van der Waals surface area contributed by atoms with Crippen molar-refractivity contribution in [1.29, 1.82) is 0 Å². The molecule has 0 aliphatic heterocycles. The molecular formula is C14H23BO3P. The molecule has 1 aromatic carbocycles. The molecule has 0 saturated heterocycles. The summed E-state index contributed by atoms with van der Waals surface area (Å²) in [4.78, 5) is 0. The number of rotatable bonds is 5. The molecule has 3 nitrogen and oxygen atoms in total. The first-order chi connectivity index (χ1) is 8.43. The number of benzene rings is 1. The van der Waals surface area contributed by atoms with Crippen LogP contribution in [0.2, 0.25) is 0 Å². The van der Waals surface area contributed by atoms with E-state index in [-0.39, 0.29) is 0 Å². The maximum absolute atomic E-state index is 11.9. The van der Waals surface area contributed by atoms with Crippen molar-refractivity contribution in [1.82, 2.24) is 0 Å². The smallest absolute Gasteiger partial charge is 0.330 e. The zero-order valence-electron chi connectivity index (χ0n) is 12.6. The summed E-state index contributed by atoms with van der Waals surface area (Å²) in [6.07, 6.45) is 0. The van der Waals surface area contributed by atoms with Crippen molar-refractivity contribution in [3.63, 3.8) is 0 Å². The second-order valence-electron chi connectivity index (χ2n) is 6.25. The van der Waals surface area contributed by atoms with Crippen LogP contribution in [0.4, 0.5) is 0 Å². The Balaban J connectivity index is 2.73. The lowest BCUT2D eigenvalue weighted by Gasteiger charge is -2.37. The van der Waals surface area contributed by atoms with Gasteiger partial charge >= 0.3 is 7.48 Å². The van der Waals surface area contributed by atoms with Crippen LogP contribution in [0.1, 0.15) is 27.7 Å². The second kappa shape index (κ2) is 5.44. The molecule has 0 aliphatic carbocycles. The molecule has 0 saturated carbocycles. The standard InChI is InChI=1S/C14H23BO3P/c1-13(2,16)14(3,4)18-15-11-7-9-12(10-8-11)19(5,6)17/h7-10,16H,1-6H3. The van der Waals surface area contributed by atoms with E-state index in [9.17, 15) is 9.67 Å². The first-order valence-corrected chi connectivity index (χ1v) is 8.93. The fraction of sp³-hybridized carbons (Fsp3) is 0.571. The van der Waals surface area contributed by atoms with Gasteiger partial charge in [-0.05, 0) is 41.0 Å². The SMILES string of the molecule is CC(C)(O)C(C)(C)O[B]c1ccc(P(C)(C)=O)cc1. The van der Waals surface area contributed by atoms with Gasteiger partial charge in [0, 0.05) is 5.30 Å². The third-order valence-electron chi connectivity index (χ3n) is 3.48. The fourth-order valence-electron chi connectivity index (χ4n) is 1.27. The van der Waals surface area contributed by atoms with Crippen molar-refractivity contribution < 1.29 is 14.3 Å². The van der Waals surface area contributed by atoms with Crippen LogP contribution in [0.5, 0.6) is 0 Å². The highest BCUT2D eigenvalue weighted by atomic mass is 31.2. The Labute approximate surface area is 117 Å². The molecule has 19 heavy (non-hydrogen) atoms. The molecule has 5 heteroatoms. The molecule has 1 aromatic rings. The molecule has 0 aliphatic rings. The molecule has 0 atom stereocenters. The van der Waals surface area contributed by atoms with Gasteiger partial charge in [-0.2, -0.15) is 0 Å². The lowest BCUT2D eigenvalue weighted by Crippen LogP contribution is -2.49. The summed E-state index contributed by atoms with van der Waals surface area (Å²) < 4.78 is 17.6. The van der Waals surface area contributed by atoms with Crippen LogP contribution in [0, 0.1) is 0 Å². The van der Waals surface area contributed by atoms with Crippen molar-refractivity contribution in [2.24, 2.45) is 0 Å². The summed E-state index contributed by atoms with van der Waals surface area (Å²) in [6, 6.07) is 7.45. The average molecular weight is 281 g/mol. The summed E-state index contributed by atoms with van der Waals surface area (Å²) in [5.41, 5.74) is -0.739. The zero-order valence-corrected chi connectivity index (χ0v) is 13.5. The summed E-state index contributed by atoms with van der Waals surface area (Å²) in [5, 5.41) is 10.8. The van der Waals surface area contributed by atoms with Gasteiger partial charge in [0.1, 0.15) is 7.14 Å². The van der Waals surface area contributed by atoms with Gasteiger partial charge in [-0.3, -0.25) is 0 Å². The van der Waals surface area contributed by atoms with Crippen LogP contribution in [-0.4, -0.2) is 37.1 Å². The molecule has 0 fully saturated rings. The Morgan fingerprint density at radius 1 is 1.11 bits per heavy atom. The Hall–Kier alpha value is -0.565. The Kier molecular flexibility index (Phi) is 4.72. The Morgan fingerprint density at radius 2 is 1.58 bits per heavy atom. The average Bonchev–Trinajstić information content (AvgIpc) is 2.24. The van der Waals surface area contributed by atoms with Crippen LogP contribution >= 0.6 is 7.14 Å². The molecule has 1 radical (unpaired) electrons. The lowest BCUT2D eigenvalue weighted by atomic mass is 9.83. The minimum Gasteiger partial charge on any atom is -0.427 e. The van der Waals surface area contributed by atoms with Crippen LogP contribution in [-0.2, 0) is 9.22 Å². The van der Waals surface area contributed by atoms with Gasteiger partial charge < -0.3 is 14.3 Å². The minimum atomic E-state index is -2.21. The van der Waals surface area contributed by atoms with E-state index in [4.69, 9.17) is 4.65 Å². The van der Waals surface area contributed by atoms with Crippen molar-refractivity contribution in [2.45, 2.75) is 38.9 Å². The van der Waals surface area contributed by atoms with E-state index in [1.165, 1.54) is 0 Å². The molecule has 1 rings (SSSR count). The highest BCUT2D eigenvalue weighted by Gasteiger charge is 2.35. The van der Waals surface area contributed by atoms with Gasteiger partial charge in [-0.1, -0.05) is 29.7 Å². The molecule has 0 bridgehead atoms. The van der Waals surface area contributed by atoms with Gasteiger partial charge in [0.25, 0.3) is 0 Å². The van der Waals surface area contributed by atoms with E-state index in [1.807, 2.05) is 38.1 Å². The molecule has 0 heterocycles. The predicted molar refractivity (Wildman–Crippen MR) is 82.4 cm³/mol. The summed E-state index contributed by atoms with van der Waals surface area (Å²) in [7, 11) is -0.588. The molecule has 0 unspecified atom stereocenters. The molecule has 0 spiro atoms. The summed E-state index contributed by atoms with van der Waals surface area (Å²) in [6.45, 7) is 10.6. The third kappa shape index (κ3) is 4.48. The van der Waals surface area contributed by atoms with Gasteiger partial charge in [-0.25, -0.2) is 0 Å². The predicted octanol–water partition coefficient (Wildman–Crippen LogP) is 1.75. The maximum Gasteiger partial charge on any atom is 0.330 e. The van der Waals surface area contributed by atoms with Crippen molar-refractivity contribution in [3.05, 3.63) is 24.3 Å². The van der Waals surface area contributed by atoms with Crippen LogP contribution in [0.25, 0.3) is 0 Å². The van der Waals surface area contributed by atoms with Crippen LogP contribution in [0.15, 0.2) is 24.3 Å². The molecule has 0 aromatic heterocycles. The first-order valence-electron chi connectivity index (χ1n) is 6.32. The van der Waals surface area contributed by atoms with E-state index in [1.54, 1.807) is 34.7 Å². The van der Waals surface area contributed by atoms with Crippen molar-refractivity contribution in [2.75, 3.05) is 13.3 Å². The first kappa shape index (κ1) is 16.5. The normalized spacial score (nSPS) is 13.4. The number of hydrogen-bond donors (Lipinski definition) is 1. The van der Waals surface area contributed by atoms with Gasteiger partial charge in [0.2, 0.25) is 0 Å². The number of hydrogen-bond acceptors (Lipinski definition) is 3. The van der Waals surface area contributed by atoms with E-state index < -0.39 is 18.3 Å². The number of aliphatic hydroxyl groups is 1. The van der Waals surface area contributed by atoms with E-state index in [0.717, 1.165) is 10.8 Å². The van der Waals surface area contributed by atoms with Crippen molar-refractivity contribution in [3.8, 4) is 0 Å². The second-order valence-corrected chi connectivity index (χ2v) is 9.47. The van der Waals surface area contributed by atoms with E-state index in [0.29, 0.717) is 0 Å². The fourth-order valence-corrected chi connectivity index (χ4v) is 2.14. The highest BCUT2D eigenvalue weighted by molar-refractivity contribution is 7.70. The quantitative estimate of drug-likeness (QED) is 0.660. The lowest BCUT2D eigenvalue weighted by molar-refractivity contribution is -0.0893. The topological polar surface area (TPSA) is 46.5 Å². The molecular weight excluding hydrogens is 258 g/mol. The minimum absolute atomic E-state index is 0.684. The maximum atomic E-state index is 11.9. The van der Waals surface area contributed by atoms with E-state index >= 15 is 0 Å². The van der Waals surface area contributed by atoms with Crippen LogP contribution in [0.3, 0.4) is 0 Å². The van der Waals surface area contributed by atoms with E-state index in [2.05, 4.69) is 0 Å². The third-order valence-corrected chi connectivity index (χ3v) is 5.02. The monoisotopic (exact) mass is 281 g/mol. The van der Waals surface area contributed by atoms with Gasteiger partial charge in [0.15, 0.2) is 0 Å². The molecule has 0 amide bonds. The summed E-state index contributed by atoms with van der Waals surface area (Å²) in [5.74, 6) is 0. The largest absolute Gasteiger partial charge is 0.427 e. The zero-order chi connectivity index (χ0) is 14.9.